The number of benzene rings is 1. The predicted octanol–water partition coefficient (Wildman–Crippen LogP) is 2.74. The quantitative estimate of drug-likeness (QED) is 0.840. The van der Waals surface area contributed by atoms with E-state index in [9.17, 15) is 8.42 Å². The van der Waals surface area contributed by atoms with Crippen molar-refractivity contribution in [2.75, 3.05) is 18.5 Å². The molecule has 0 unspecified atom stereocenters. The Labute approximate surface area is 137 Å². The van der Waals surface area contributed by atoms with E-state index in [1.54, 1.807) is 38.3 Å². The van der Waals surface area contributed by atoms with Crippen molar-refractivity contribution in [3.05, 3.63) is 41.6 Å². The Balaban J connectivity index is 2.58. The highest BCUT2D eigenvalue weighted by Gasteiger charge is 2.26. The van der Waals surface area contributed by atoms with E-state index >= 15 is 0 Å². The van der Waals surface area contributed by atoms with Crippen LogP contribution in [0.2, 0.25) is 0 Å². The third-order valence-electron chi connectivity index (χ3n) is 3.67. The molecule has 0 aliphatic carbocycles. The fraction of sp³-hybridized carbons (Fsp3) is 0.375. The van der Waals surface area contributed by atoms with Crippen molar-refractivity contribution in [1.82, 2.24) is 10.2 Å². The highest BCUT2D eigenvalue weighted by Crippen LogP contribution is 2.33. The third kappa shape index (κ3) is 3.29. The summed E-state index contributed by atoms with van der Waals surface area (Å²) in [7, 11) is -0.674. The second-order valence-corrected chi connectivity index (χ2v) is 7.51. The summed E-state index contributed by atoms with van der Waals surface area (Å²) in [4.78, 5) is 0.246. The van der Waals surface area contributed by atoms with Gasteiger partial charge in [-0.25, -0.2) is 8.42 Å². The van der Waals surface area contributed by atoms with Crippen molar-refractivity contribution < 1.29 is 13.2 Å². The topological polar surface area (TPSA) is 72.4 Å². The Bertz CT molecular complexity index is 790. The highest BCUT2D eigenvalue weighted by molar-refractivity contribution is 7.92. The zero-order valence-corrected chi connectivity index (χ0v) is 14.8. The summed E-state index contributed by atoms with van der Waals surface area (Å²) in [6, 6.07) is 6.69. The van der Waals surface area contributed by atoms with E-state index in [1.165, 1.54) is 13.2 Å². The Kier molecular flexibility index (Phi) is 4.89. The number of aromatic nitrogens is 2. The van der Waals surface area contributed by atoms with Gasteiger partial charge in [-0.3, -0.25) is 4.31 Å². The first-order valence-electron chi connectivity index (χ1n) is 7.24. The first-order chi connectivity index (χ1) is 10.8. The minimum atomic E-state index is -3.73. The summed E-state index contributed by atoms with van der Waals surface area (Å²) in [5, 5.41) is 7.60. The van der Waals surface area contributed by atoms with Crippen molar-refractivity contribution in [1.29, 1.82) is 0 Å². The summed E-state index contributed by atoms with van der Waals surface area (Å²) in [5.74, 6) is 1.11. The van der Waals surface area contributed by atoms with Crippen LogP contribution in [0.5, 0.6) is 5.75 Å². The zero-order chi connectivity index (χ0) is 17.2. The van der Waals surface area contributed by atoms with Gasteiger partial charge in [0.25, 0.3) is 10.0 Å². The second-order valence-electron chi connectivity index (χ2n) is 5.57. The van der Waals surface area contributed by atoms with E-state index in [-0.39, 0.29) is 16.6 Å². The number of hydrogen-bond donors (Lipinski definition) is 0. The lowest BCUT2D eigenvalue weighted by Crippen LogP contribution is -2.28. The first-order valence-corrected chi connectivity index (χ1v) is 8.68. The Hall–Kier alpha value is -2.15. The molecule has 2 rings (SSSR count). The van der Waals surface area contributed by atoms with E-state index in [4.69, 9.17) is 4.74 Å². The van der Waals surface area contributed by atoms with Crippen LogP contribution in [0, 0.1) is 6.92 Å². The highest BCUT2D eigenvalue weighted by atomic mass is 32.2. The molecule has 1 heterocycles. The molecule has 0 spiro atoms. The summed E-state index contributed by atoms with van der Waals surface area (Å²) >= 11 is 0. The second kappa shape index (κ2) is 6.54. The van der Waals surface area contributed by atoms with Gasteiger partial charge < -0.3 is 4.74 Å². The lowest BCUT2D eigenvalue weighted by atomic mass is 10.0. The number of rotatable bonds is 5. The normalized spacial score (nSPS) is 11.6. The molecule has 0 saturated carbocycles. The number of hydrogen-bond acceptors (Lipinski definition) is 5. The molecule has 23 heavy (non-hydrogen) atoms. The molecule has 0 aliphatic rings. The average Bonchev–Trinajstić information content (AvgIpc) is 2.53. The monoisotopic (exact) mass is 335 g/mol. The van der Waals surface area contributed by atoms with Crippen molar-refractivity contribution in [3.63, 3.8) is 0 Å². The molecule has 0 saturated heterocycles. The number of aryl methyl sites for hydroxylation is 1. The predicted molar refractivity (Wildman–Crippen MR) is 89.4 cm³/mol. The van der Waals surface area contributed by atoms with Gasteiger partial charge in [0.2, 0.25) is 0 Å². The van der Waals surface area contributed by atoms with E-state index in [0.717, 1.165) is 9.87 Å². The van der Waals surface area contributed by atoms with Gasteiger partial charge >= 0.3 is 0 Å². The van der Waals surface area contributed by atoms with Crippen LogP contribution in [0.4, 0.5) is 5.82 Å². The number of nitrogens with zero attached hydrogens (tertiary/aromatic N) is 3. The fourth-order valence-corrected chi connectivity index (χ4v) is 3.70. The molecule has 0 aliphatic heterocycles. The van der Waals surface area contributed by atoms with E-state index in [2.05, 4.69) is 10.2 Å². The van der Waals surface area contributed by atoms with Crippen LogP contribution >= 0.6 is 0 Å². The number of sulfonamides is 1. The molecule has 7 heteroatoms. The molecule has 6 nitrogen and oxygen atoms in total. The smallest absolute Gasteiger partial charge is 0.265 e. The number of anilines is 1. The molecule has 0 fully saturated rings. The minimum absolute atomic E-state index is 0.140. The molecule has 0 bridgehead atoms. The molecule has 2 aromatic rings. The molecular formula is C16H21N3O3S. The molecular weight excluding hydrogens is 314 g/mol. The maximum Gasteiger partial charge on any atom is 0.265 e. The van der Waals surface area contributed by atoms with Gasteiger partial charge in [-0.1, -0.05) is 13.8 Å². The summed E-state index contributed by atoms with van der Waals surface area (Å²) in [6.07, 6.45) is 1.50. The molecule has 124 valence electrons. The van der Waals surface area contributed by atoms with Crippen LogP contribution in [-0.2, 0) is 10.0 Å². The Morgan fingerprint density at radius 1 is 1.26 bits per heavy atom. The minimum Gasteiger partial charge on any atom is -0.496 e. The average molecular weight is 335 g/mol. The summed E-state index contributed by atoms with van der Waals surface area (Å²) in [6.45, 7) is 5.75. The summed E-state index contributed by atoms with van der Waals surface area (Å²) in [5.41, 5.74) is 1.48. The number of ether oxygens (including phenoxy) is 1. The van der Waals surface area contributed by atoms with Gasteiger partial charge in [0.1, 0.15) is 5.75 Å². The van der Waals surface area contributed by atoms with Gasteiger partial charge in [-0.15, -0.1) is 5.10 Å². The van der Waals surface area contributed by atoms with Crippen LogP contribution in [-0.4, -0.2) is 32.8 Å². The third-order valence-corrected chi connectivity index (χ3v) is 5.57. The summed E-state index contributed by atoms with van der Waals surface area (Å²) < 4.78 is 32.4. The van der Waals surface area contributed by atoms with Crippen LogP contribution in [0.15, 0.2) is 35.4 Å². The van der Waals surface area contributed by atoms with Crippen LogP contribution in [0.1, 0.15) is 30.9 Å². The van der Waals surface area contributed by atoms with Crippen LogP contribution in [0.3, 0.4) is 0 Å². The first kappa shape index (κ1) is 17.2. The van der Waals surface area contributed by atoms with Crippen molar-refractivity contribution in [2.24, 2.45) is 0 Å². The van der Waals surface area contributed by atoms with E-state index in [1.807, 2.05) is 13.8 Å². The van der Waals surface area contributed by atoms with Crippen molar-refractivity contribution in [2.45, 2.75) is 31.6 Å². The zero-order valence-electron chi connectivity index (χ0n) is 13.9. The Morgan fingerprint density at radius 2 is 1.96 bits per heavy atom. The van der Waals surface area contributed by atoms with Crippen LogP contribution in [0.25, 0.3) is 0 Å². The lowest BCUT2D eigenvalue weighted by molar-refractivity contribution is 0.406. The fourth-order valence-electron chi connectivity index (χ4n) is 2.32. The van der Waals surface area contributed by atoms with Crippen molar-refractivity contribution in [3.8, 4) is 5.75 Å². The van der Waals surface area contributed by atoms with Gasteiger partial charge in [0, 0.05) is 13.2 Å². The maximum absolute atomic E-state index is 12.9. The maximum atomic E-state index is 12.9. The molecule has 0 amide bonds. The van der Waals surface area contributed by atoms with Gasteiger partial charge in [0.05, 0.1) is 12.0 Å². The molecule has 0 radical (unpaired) electrons. The van der Waals surface area contributed by atoms with Crippen LogP contribution < -0.4 is 9.04 Å². The molecule has 0 atom stereocenters. The van der Waals surface area contributed by atoms with Gasteiger partial charge in [-0.05, 0) is 48.2 Å². The number of methoxy groups -OCH3 is 1. The lowest BCUT2D eigenvalue weighted by Gasteiger charge is -2.21. The molecule has 1 aromatic carbocycles. The van der Waals surface area contributed by atoms with Gasteiger partial charge in [0.15, 0.2) is 5.82 Å². The largest absolute Gasteiger partial charge is 0.496 e. The van der Waals surface area contributed by atoms with E-state index < -0.39 is 10.0 Å². The van der Waals surface area contributed by atoms with Gasteiger partial charge in [-0.2, -0.15) is 5.10 Å². The van der Waals surface area contributed by atoms with E-state index in [0.29, 0.717) is 11.3 Å². The van der Waals surface area contributed by atoms with Crippen molar-refractivity contribution >= 4 is 15.8 Å². The molecule has 1 aromatic heterocycles. The standard InChI is InChI=1S/C16H21N3O3S/c1-11(2)13-10-15(12(3)9-14(13)22-5)23(20,21)19(4)16-7-6-8-17-18-16/h6-11H,1-5H3. The SMILES string of the molecule is COc1cc(C)c(S(=O)(=O)N(C)c2cccnn2)cc1C(C)C. The molecule has 0 N–H and O–H groups in total. The Morgan fingerprint density at radius 3 is 2.48 bits per heavy atom.